The molecule has 21 heavy (non-hydrogen) atoms. The van der Waals surface area contributed by atoms with Gasteiger partial charge < -0.3 is 10.1 Å². The molecule has 0 aliphatic heterocycles. The number of nitrogens with zero attached hydrogens (tertiary/aromatic N) is 2. The van der Waals surface area contributed by atoms with Crippen LogP contribution in [0.4, 0.5) is 0 Å². The summed E-state index contributed by atoms with van der Waals surface area (Å²) in [6, 6.07) is 10.8. The van der Waals surface area contributed by atoms with Crippen molar-refractivity contribution in [1.29, 1.82) is 5.26 Å². The lowest BCUT2D eigenvalue weighted by atomic mass is 10.1. The number of imidazole rings is 1. The number of nitriles is 1. The van der Waals surface area contributed by atoms with Gasteiger partial charge in [0.05, 0.1) is 15.4 Å². The lowest BCUT2D eigenvalue weighted by Crippen LogP contribution is -1.91. The second-order valence-corrected chi connectivity index (χ2v) is 6.46. The summed E-state index contributed by atoms with van der Waals surface area (Å²) >= 11 is 13.0. The number of para-hydroxylation sites is 2. The largest absolute Gasteiger partial charge is 0.506 e. The van der Waals surface area contributed by atoms with Crippen molar-refractivity contribution >= 4 is 56.9 Å². The molecule has 3 aromatic rings. The van der Waals surface area contributed by atoms with Crippen LogP contribution in [0.2, 0.25) is 8.67 Å². The fourth-order valence-electron chi connectivity index (χ4n) is 1.93. The molecule has 0 saturated carbocycles. The summed E-state index contributed by atoms with van der Waals surface area (Å²) in [7, 11) is 0. The highest BCUT2D eigenvalue weighted by Gasteiger charge is 2.18. The maximum Gasteiger partial charge on any atom is 0.153 e. The van der Waals surface area contributed by atoms with Crippen molar-refractivity contribution in [3.05, 3.63) is 50.4 Å². The highest BCUT2D eigenvalue weighted by molar-refractivity contribution is 7.20. The summed E-state index contributed by atoms with van der Waals surface area (Å²) in [4.78, 5) is 7.30. The predicted molar refractivity (Wildman–Crippen MR) is 85.5 cm³/mol. The summed E-state index contributed by atoms with van der Waals surface area (Å²) in [5.41, 5.74) is 1.83. The van der Waals surface area contributed by atoms with E-state index in [1.165, 1.54) is 6.07 Å². The van der Waals surface area contributed by atoms with Crippen LogP contribution >= 0.6 is 34.5 Å². The van der Waals surface area contributed by atoms with Gasteiger partial charge in [-0.1, -0.05) is 35.3 Å². The van der Waals surface area contributed by atoms with Crippen LogP contribution in [0.25, 0.3) is 22.4 Å². The summed E-state index contributed by atoms with van der Waals surface area (Å²) in [5.74, 6) is 0.0410. The lowest BCUT2D eigenvalue weighted by Gasteiger charge is -2.00. The zero-order chi connectivity index (χ0) is 15.0. The molecule has 1 aromatic carbocycles. The van der Waals surface area contributed by atoms with Gasteiger partial charge in [0.25, 0.3) is 0 Å². The van der Waals surface area contributed by atoms with E-state index in [0.29, 0.717) is 19.8 Å². The SMILES string of the molecule is N#C/C(=C(/O)c1cc(Cl)sc1Cl)c1nc2ccccc2[nH]1. The van der Waals surface area contributed by atoms with E-state index in [4.69, 9.17) is 23.2 Å². The first-order chi connectivity index (χ1) is 10.1. The summed E-state index contributed by atoms with van der Waals surface area (Å²) < 4.78 is 0.754. The van der Waals surface area contributed by atoms with E-state index in [2.05, 4.69) is 9.97 Å². The van der Waals surface area contributed by atoms with Crippen LogP contribution in [0.5, 0.6) is 0 Å². The number of rotatable bonds is 2. The van der Waals surface area contributed by atoms with Crippen molar-refractivity contribution < 1.29 is 5.11 Å². The van der Waals surface area contributed by atoms with E-state index in [0.717, 1.165) is 16.9 Å². The Bertz CT molecular complexity index is 871. The Morgan fingerprint density at radius 3 is 2.71 bits per heavy atom. The Kier molecular flexibility index (Phi) is 3.60. The normalized spacial score (nSPS) is 12.2. The van der Waals surface area contributed by atoms with E-state index < -0.39 is 0 Å². The number of H-pyrrole nitrogens is 1. The Morgan fingerprint density at radius 2 is 2.10 bits per heavy atom. The molecule has 2 aromatic heterocycles. The van der Waals surface area contributed by atoms with Crippen LogP contribution in [0.15, 0.2) is 30.3 Å². The minimum absolute atomic E-state index is 0.0163. The molecule has 7 heteroatoms. The number of hydrogen-bond acceptors (Lipinski definition) is 4. The van der Waals surface area contributed by atoms with Crippen LogP contribution in [-0.4, -0.2) is 15.1 Å². The molecular formula is C14H7Cl2N3OS. The number of halogens is 2. The maximum absolute atomic E-state index is 10.3. The molecule has 4 nitrogen and oxygen atoms in total. The molecule has 0 saturated heterocycles. The number of benzene rings is 1. The molecular weight excluding hydrogens is 329 g/mol. The fourth-order valence-corrected chi connectivity index (χ4v) is 3.39. The van der Waals surface area contributed by atoms with Gasteiger partial charge in [-0.15, -0.1) is 11.3 Å². The number of aromatic nitrogens is 2. The van der Waals surface area contributed by atoms with Crippen LogP contribution in [-0.2, 0) is 0 Å². The van der Waals surface area contributed by atoms with Crippen molar-refractivity contribution in [1.82, 2.24) is 9.97 Å². The Morgan fingerprint density at radius 1 is 1.33 bits per heavy atom. The Balaban J connectivity index is 2.19. The highest BCUT2D eigenvalue weighted by atomic mass is 35.5. The number of fused-ring (bicyclic) bond motifs is 1. The zero-order valence-corrected chi connectivity index (χ0v) is 12.7. The van der Waals surface area contributed by atoms with Crippen molar-refractivity contribution in [2.75, 3.05) is 0 Å². The number of aliphatic hydroxyl groups excluding tert-OH is 1. The van der Waals surface area contributed by atoms with Crippen molar-refractivity contribution in [3.63, 3.8) is 0 Å². The van der Waals surface area contributed by atoms with Gasteiger partial charge in [0.1, 0.15) is 21.7 Å². The highest BCUT2D eigenvalue weighted by Crippen LogP contribution is 2.37. The van der Waals surface area contributed by atoms with E-state index in [-0.39, 0.29) is 17.2 Å². The van der Waals surface area contributed by atoms with Gasteiger partial charge in [-0.3, -0.25) is 0 Å². The van der Waals surface area contributed by atoms with Gasteiger partial charge in [0.15, 0.2) is 5.82 Å². The number of thiophene rings is 1. The second kappa shape index (κ2) is 5.41. The molecule has 2 heterocycles. The minimum Gasteiger partial charge on any atom is -0.506 e. The number of hydrogen-bond donors (Lipinski definition) is 2. The van der Waals surface area contributed by atoms with Crippen molar-refractivity contribution in [2.45, 2.75) is 0 Å². The van der Waals surface area contributed by atoms with Crippen LogP contribution in [0.3, 0.4) is 0 Å². The third-order valence-electron chi connectivity index (χ3n) is 2.89. The topological polar surface area (TPSA) is 72.7 Å². The second-order valence-electron chi connectivity index (χ2n) is 4.18. The summed E-state index contributed by atoms with van der Waals surface area (Å²) in [6.07, 6.45) is 0. The number of allylic oxidation sites excluding steroid dienone is 1. The molecule has 0 bridgehead atoms. The third-order valence-corrected chi connectivity index (χ3v) is 4.37. The maximum atomic E-state index is 10.3. The van der Waals surface area contributed by atoms with E-state index in [9.17, 15) is 10.4 Å². The molecule has 0 unspecified atom stereocenters. The van der Waals surface area contributed by atoms with Gasteiger partial charge in [0, 0.05) is 5.56 Å². The molecule has 0 aliphatic carbocycles. The average molecular weight is 336 g/mol. The summed E-state index contributed by atoms with van der Waals surface area (Å²) in [6.45, 7) is 0. The van der Waals surface area contributed by atoms with Crippen LogP contribution in [0.1, 0.15) is 11.4 Å². The molecule has 0 radical (unpaired) electrons. The van der Waals surface area contributed by atoms with Crippen LogP contribution in [0, 0.1) is 11.3 Å². The van der Waals surface area contributed by atoms with Crippen LogP contribution < -0.4 is 0 Å². The first kappa shape index (κ1) is 14.0. The third kappa shape index (κ3) is 2.49. The van der Waals surface area contributed by atoms with E-state index in [1.54, 1.807) is 0 Å². The molecule has 0 atom stereocenters. The molecule has 0 aliphatic rings. The number of aliphatic hydroxyl groups is 1. The fraction of sp³-hybridized carbons (Fsp3) is 0. The molecule has 104 valence electrons. The standard InChI is InChI=1S/C14H7Cl2N3OS/c15-11-5-7(13(16)21-11)12(20)8(6-17)14-18-9-3-1-2-4-10(9)19-14/h1-5,20H,(H,18,19)/b12-8-. The average Bonchev–Trinajstić information content (AvgIpc) is 3.02. The molecule has 3 rings (SSSR count). The quantitative estimate of drug-likeness (QED) is 0.517. The predicted octanol–water partition coefficient (Wildman–Crippen LogP) is 4.88. The molecule has 0 amide bonds. The first-order valence-electron chi connectivity index (χ1n) is 5.84. The summed E-state index contributed by atoms with van der Waals surface area (Å²) in [5, 5.41) is 19.6. The van der Waals surface area contributed by atoms with E-state index in [1.807, 2.05) is 30.3 Å². The van der Waals surface area contributed by atoms with Gasteiger partial charge in [0.2, 0.25) is 0 Å². The van der Waals surface area contributed by atoms with Gasteiger partial charge in [-0.25, -0.2) is 4.98 Å². The van der Waals surface area contributed by atoms with Gasteiger partial charge >= 0.3 is 0 Å². The molecule has 2 N–H and O–H groups in total. The number of aromatic amines is 1. The minimum atomic E-state index is -0.246. The van der Waals surface area contributed by atoms with Gasteiger partial charge in [-0.05, 0) is 18.2 Å². The molecule has 0 spiro atoms. The van der Waals surface area contributed by atoms with Crippen molar-refractivity contribution in [2.24, 2.45) is 0 Å². The molecule has 0 fully saturated rings. The van der Waals surface area contributed by atoms with Crippen molar-refractivity contribution in [3.8, 4) is 6.07 Å². The van der Waals surface area contributed by atoms with Gasteiger partial charge in [-0.2, -0.15) is 5.26 Å². The monoisotopic (exact) mass is 335 g/mol. The smallest absolute Gasteiger partial charge is 0.153 e. The lowest BCUT2D eigenvalue weighted by molar-refractivity contribution is 0.514. The first-order valence-corrected chi connectivity index (χ1v) is 7.41. The number of nitrogens with one attached hydrogen (secondary N) is 1. The Labute approximate surface area is 133 Å². The Hall–Kier alpha value is -2.00. The van der Waals surface area contributed by atoms with E-state index >= 15 is 0 Å². The zero-order valence-electron chi connectivity index (χ0n) is 10.4.